The predicted molar refractivity (Wildman–Crippen MR) is 48.4 cm³/mol. The second-order valence-corrected chi connectivity index (χ2v) is 3.41. The predicted octanol–water partition coefficient (Wildman–Crippen LogP) is 1.59. The van der Waals surface area contributed by atoms with Gasteiger partial charge < -0.3 is 10.5 Å². The molecule has 0 spiro atoms. The van der Waals surface area contributed by atoms with Crippen molar-refractivity contribution in [3.05, 3.63) is 29.8 Å². The van der Waals surface area contributed by atoms with Gasteiger partial charge in [0.05, 0.1) is 7.11 Å². The van der Waals surface area contributed by atoms with E-state index in [9.17, 15) is 4.39 Å². The normalized spacial score (nSPS) is 31.5. The summed E-state index contributed by atoms with van der Waals surface area (Å²) in [6.07, 6.45) is 0.417. The Balaban J connectivity index is 2.31. The fraction of sp³-hybridized carbons (Fsp3) is 0.400. The van der Waals surface area contributed by atoms with Crippen LogP contribution in [0.25, 0.3) is 0 Å². The van der Waals surface area contributed by atoms with Crippen LogP contribution in [0.1, 0.15) is 12.0 Å². The number of ether oxygens (including phenoxy) is 1. The number of benzene rings is 1. The lowest BCUT2D eigenvalue weighted by atomic mass is 10.1. The van der Waals surface area contributed by atoms with Gasteiger partial charge in [-0.05, 0) is 17.7 Å². The van der Waals surface area contributed by atoms with Gasteiger partial charge in [-0.2, -0.15) is 0 Å². The topological polar surface area (TPSA) is 35.2 Å². The van der Waals surface area contributed by atoms with Gasteiger partial charge >= 0.3 is 0 Å². The Labute approximate surface area is 76.5 Å². The standard InChI is InChI=1S/C10H12FNO/c1-13-8-4-2-3-7(5-8)10(11)6-9(10)12/h2-5,9H,6,12H2,1H3/t9-,10-/m1/s1. The van der Waals surface area contributed by atoms with Crippen LogP contribution >= 0.6 is 0 Å². The lowest BCUT2D eigenvalue weighted by Crippen LogP contribution is -2.13. The van der Waals surface area contributed by atoms with Crippen LogP contribution in [-0.4, -0.2) is 13.2 Å². The van der Waals surface area contributed by atoms with Crippen LogP contribution in [0, 0.1) is 0 Å². The monoisotopic (exact) mass is 181 g/mol. The Kier molecular flexibility index (Phi) is 1.77. The summed E-state index contributed by atoms with van der Waals surface area (Å²) in [6.45, 7) is 0. The van der Waals surface area contributed by atoms with Crippen molar-refractivity contribution in [2.75, 3.05) is 7.11 Å². The van der Waals surface area contributed by atoms with Crippen molar-refractivity contribution >= 4 is 0 Å². The van der Waals surface area contributed by atoms with Gasteiger partial charge in [0.2, 0.25) is 0 Å². The second-order valence-electron chi connectivity index (χ2n) is 3.41. The summed E-state index contributed by atoms with van der Waals surface area (Å²) >= 11 is 0. The van der Waals surface area contributed by atoms with Crippen LogP contribution in [0.3, 0.4) is 0 Å². The number of nitrogens with two attached hydrogens (primary N) is 1. The molecule has 0 aromatic heterocycles. The van der Waals surface area contributed by atoms with Crippen molar-refractivity contribution in [1.29, 1.82) is 0 Å². The molecule has 2 rings (SSSR count). The van der Waals surface area contributed by atoms with Crippen molar-refractivity contribution < 1.29 is 9.13 Å². The summed E-state index contributed by atoms with van der Waals surface area (Å²) in [5.74, 6) is 0.675. The van der Waals surface area contributed by atoms with Crippen molar-refractivity contribution in [2.45, 2.75) is 18.1 Å². The van der Waals surface area contributed by atoms with E-state index in [1.54, 1.807) is 31.4 Å². The highest BCUT2D eigenvalue weighted by Crippen LogP contribution is 2.48. The van der Waals surface area contributed by atoms with Gasteiger partial charge in [-0.3, -0.25) is 0 Å². The largest absolute Gasteiger partial charge is 0.497 e. The fourth-order valence-corrected chi connectivity index (χ4v) is 1.47. The van der Waals surface area contributed by atoms with E-state index >= 15 is 0 Å². The molecule has 3 heteroatoms. The first-order valence-corrected chi connectivity index (χ1v) is 4.26. The van der Waals surface area contributed by atoms with E-state index in [0.29, 0.717) is 17.7 Å². The molecule has 1 saturated carbocycles. The molecule has 13 heavy (non-hydrogen) atoms. The first-order valence-electron chi connectivity index (χ1n) is 4.26. The molecular formula is C10H12FNO. The summed E-state index contributed by atoms with van der Waals surface area (Å²) < 4.78 is 18.8. The molecular weight excluding hydrogens is 169 g/mol. The summed E-state index contributed by atoms with van der Waals surface area (Å²) in [7, 11) is 1.57. The number of hydrogen-bond acceptors (Lipinski definition) is 2. The van der Waals surface area contributed by atoms with Gasteiger partial charge in [-0.25, -0.2) is 4.39 Å². The fourth-order valence-electron chi connectivity index (χ4n) is 1.47. The van der Waals surface area contributed by atoms with Gasteiger partial charge in [0.25, 0.3) is 0 Å². The molecule has 0 amide bonds. The first-order chi connectivity index (χ1) is 6.16. The zero-order valence-corrected chi connectivity index (χ0v) is 7.46. The molecule has 2 atom stereocenters. The van der Waals surface area contributed by atoms with Crippen LogP contribution in [0.15, 0.2) is 24.3 Å². The molecule has 0 aliphatic heterocycles. The van der Waals surface area contributed by atoms with Gasteiger partial charge in [-0.1, -0.05) is 12.1 Å². The van der Waals surface area contributed by atoms with Crippen LogP contribution in [0.2, 0.25) is 0 Å². The van der Waals surface area contributed by atoms with E-state index in [1.165, 1.54) is 0 Å². The number of methoxy groups -OCH3 is 1. The molecule has 1 aliphatic rings. The van der Waals surface area contributed by atoms with Gasteiger partial charge in [-0.15, -0.1) is 0 Å². The molecule has 1 aliphatic carbocycles. The Hall–Kier alpha value is -1.09. The van der Waals surface area contributed by atoms with E-state index in [4.69, 9.17) is 10.5 Å². The minimum atomic E-state index is -1.31. The van der Waals surface area contributed by atoms with Crippen LogP contribution in [-0.2, 0) is 5.67 Å². The quantitative estimate of drug-likeness (QED) is 0.752. The first kappa shape index (κ1) is 8.51. The van der Waals surface area contributed by atoms with E-state index < -0.39 is 5.67 Å². The number of halogens is 1. The zero-order valence-electron chi connectivity index (χ0n) is 7.46. The van der Waals surface area contributed by atoms with Crippen molar-refractivity contribution in [3.63, 3.8) is 0 Å². The molecule has 2 nitrogen and oxygen atoms in total. The van der Waals surface area contributed by atoms with Gasteiger partial charge in [0, 0.05) is 12.5 Å². The van der Waals surface area contributed by atoms with Crippen LogP contribution in [0.4, 0.5) is 4.39 Å². The van der Waals surface area contributed by atoms with Crippen LogP contribution < -0.4 is 10.5 Å². The lowest BCUT2D eigenvalue weighted by molar-refractivity contribution is 0.304. The highest BCUT2D eigenvalue weighted by Gasteiger charge is 2.54. The molecule has 70 valence electrons. The molecule has 0 unspecified atom stereocenters. The Morgan fingerprint density at radius 1 is 1.62 bits per heavy atom. The smallest absolute Gasteiger partial charge is 0.152 e. The van der Waals surface area contributed by atoms with Crippen LogP contribution in [0.5, 0.6) is 5.75 Å². The number of rotatable bonds is 2. The Morgan fingerprint density at radius 3 is 2.85 bits per heavy atom. The van der Waals surface area contributed by atoms with E-state index in [2.05, 4.69) is 0 Å². The third kappa shape index (κ3) is 1.29. The summed E-state index contributed by atoms with van der Waals surface area (Å²) in [4.78, 5) is 0. The summed E-state index contributed by atoms with van der Waals surface area (Å²) in [5, 5.41) is 0. The highest BCUT2D eigenvalue weighted by molar-refractivity contribution is 5.37. The number of alkyl halides is 1. The van der Waals surface area contributed by atoms with E-state index in [0.717, 1.165) is 0 Å². The summed E-state index contributed by atoms with van der Waals surface area (Å²) in [6, 6.07) is 6.67. The molecule has 1 fully saturated rings. The van der Waals surface area contributed by atoms with Gasteiger partial charge in [0.15, 0.2) is 5.67 Å². The molecule has 0 saturated heterocycles. The lowest BCUT2D eigenvalue weighted by Gasteiger charge is -2.07. The van der Waals surface area contributed by atoms with E-state index in [1.807, 2.05) is 0 Å². The maximum Gasteiger partial charge on any atom is 0.152 e. The average Bonchev–Trinajstić information content (AvgIpc) is 2.77. The molecule has 0 bridgehead atoms. The average molecular weight is 181 g/mol. The molecule has 1 aromatic carbocycles. The van der Waals surface area contributed by atoms with Gasteiger partial charge in [0.1, 0.15) is 5.75 Å². The Morgan fingerprint density at radius 2 is 2.31 bits per heavy atom. The SMILES string of the molecule is COc1cccc([C@]2(F)C[C@H]2N)c1. The second kappa shape index (κ2) is 2.70. The van der Waals surface area contributed by atoms with Crippen molar-refractivity contribution in [3.8, 4) is 5.75 Å². The van der Waals surface area contributed by atoms with Crippen molar-refractivity contribution in [1.82, 2.24) is 0 Å². The van der Waals surface area contributed by atoms with E-state index in [-0.39, 0.29) is 6.04 Å². The Bertz CT molecular complexity index is 328. The number of hydrogen-bond donors (Lipinski definition) is 1. The maximum atomic E-state index is 13.8. The minimum Gasteiger partial charge on any atom is -0.497 e. The summed E-state index contributed by atoms with van der Waals surface area (Å²) in [5.41, 5.74) is 4.82. The molecule has 0 radical (unpaired) electrons. The minimum absolute atomic E-state index is 0.348. The molecule has 0 heterocycles. The third-order valence-corrected chi connectivity index (χ3v) is 2.49. The maximum absolute atomic E-state index is 13.8. The zero-order chi connectivity index (χ0) is 9.47. The molecule has 2 N–H and O–H groups in total. The third-order valence-electron chi connectivity index (χ3n) is 2.49. The van der Waals surface area contributed by atoms with Crippen molar-refractivity contribution in [2.24, 2.45) is 5.73 Å². The highest BCUT2D eigenvalue weighted by atomic mass is 19.1. The molecule has 1 aromatic rings.